The minimum Gasteiger partial charge on any atom is -0.497 e. The van der Waals surface area contributed by atoms with E-state index in [2.05, 4.69) is 9.62 Å². The number of methoxy groups -OCH3 is 1. The van der Waals surface area contributed by atoms with Gasteiger partial charge in [-0.2, -0.15) is 0 Å². The predicted octanol–water partition coefficient (Wildman–Crippen LogP) is 1.78. The molecular formula is C18H28N2O4S. The Bertz CT molecular complexity index is 678. The zero-order chi connectivity index (χ0) is 17.9. The molecule has 0 amide bonds. The highest BCUT2D eigenvalue weighted by Gasteiger charge is 2.28. The third-order valence-corrected chi connectivity index (χ3v) is 6.89. The van der Waals surface area contributed by atoms with Gasteiger partial charge in [0, 0.05) is 19.2 Å². The van der Waals surface area contributed by atoms with Crippen molar-refractivity contribution in [1.82, 2.24) is 9.62 Å². The van der Waals surface area contributed by atoms with Crippen LogP contribution in [0.4, 0.5) is 0 Å². The monoisotopic (exact) mass is 368 g/mol. The fraction of sp³-hybridized carbons (Fsp3) is 0.667. The summed E-state index contributed by atoms with van der Waals surface area (Å²) in [7, 11) is -1.91. The molecule has 25 heavy (non-hydrogen) atoms. The van der Waals surface area contributed by atoms with Crippen LogP contribution >= 0.6 is 0 Å². The van der Waals surface area contributed by atoms with E-state index in [1.54, 1.807) is 32.2 Å². The van der Waals surface area contributed by atoms with Crippen LogP contribution in [-0.2, 0) is 14.8 Å². The molecule has 1 unspecified atom stereocenters. The first kappa shape index (κ1) is 18.6. The van der Waals surface area contributed by atoms with Crippen LogP contribution in [0.1, 0.15) is 24.8 Å². The van der Waals surface area contributed by atoms with E-state index in [0.29, 0.717) is 34.7 Å². The van der Waals surface area contributed by atoms with E-state index in [1.807, 2.05) is 0 Å². The topological polar surface area (TPSA) is 67.9 Å². The number of benzene rings is 1. The smallest absolute Gasteiger partial charge is 0.240 e. The molecule has 140 valence electrons. The second kappa shape index (κ2) is 8.03. The van der Waals surface area contributed by atoms with Gasteiger partial charge in [0.2, 0.25) is 10.0 Å². The number of rotatable bonds is 6. The van der Waals surface area contributed by atoms with Gasteiger partial charge in [0.05, 0.1) is 18.6 Å². The largest absolute Gasteiger partial charge is 0.497 e. The number of ether oxygens (including phenoxy) is 2. The van der Waals surface area contributed by atoms with Crippen LogP contribution in [0.3, 0.4) is 0 Å². The van der Waals surface area contributed by atoms with Crippen LogP contribution in [0.25, 0.3) is 0 Å². The van der Waals surface area contributed by atoms with E-state index < -0.39 is 10.0 Å². The third-order valence-electron chi connectivity index (χ3n) is 5.30. The van der Waals surface area contributed by atoms with Crippen LogP contribution < -0.4 is 9.46 Å². The summed E-state index contributed by atoms with van der Waals surface area (Å²) in [6.07, 6.45) is 3.18. The van der Waals surface area contributed by atoms with Crippen molar-refractivity contribution in [3.05, 3.63) is 23.8 Å². The number of hydrogen-bond acceptors (Lipinski definition) is 5. The first-order valence-electron chi connectivity index (χ1n) is 8.95. The Morgan fingerprint density at radius 3 is 2.64 bits per heavy atom. The summed E-state index contributed by atoms with van der Waals surface area (Å²) in [4.78, 5) is 2.82. The summed E-state index contributed by atoms with van der Waals surface area (Å²) in [5.41, 5.74) is 0.697. The maximum absolute atomic E-state index is 12.6. The summed E-state index contributed by atoms with van der Waals surface area (Å²) in [6, 6.07) is 5.60. The highest BCUT2D eigenvalue weighted by Crippen LogP contribution is 2.24. The van der Waals surface area contributed by atoms with Crippen molar-refractivity contribution in [2.75, 3.05) is 40.0 Å². The van der Waals surface area contributed by atoms with Gasteiger partial charge in [0.15, 0.2) is 0 Å². The summed E-state index contributed by atoms with van der Waals surface area (Å²) in [5, 5.41) is 0. The Labute approximate surface area is 150 Å². The highest BCUT2D eigenvalue weighted by atomic mass is 32.2. The van der Waals surface area contributed by atoms with Crippen LogP contribution in [-0.4, -0.2) is 59.3 Å². The van der Waals surface area contributed by atoms with Crippen LogP contribution in [0, 0.1) is 12.8 Å². The van der Waals surface area contributed by atoms with Gasteiger partial charge in [-0.25, -0.2) is 13.1 Å². The van der Waals surface area contributed by atoms with E-state index in [9.17, 15) is 8.42 Å². The van der Waals surface area contributed by atoms with E-state index >= 15 is 0 Å². The van der Waals surface area contributed by atoms with Crippen molar-refractivity contribution >= 4 is 10.0 Å². The maximum Gasteiger partial charge on any atom is 0.240 e. The minimum atomic E-state index is -3.48. The molecule has 3 rings (SSSR count). The average molecular weight is 368 g/mol. The molecule has 6 nitrogen and oxygen atoms in total. The molecule has 1 atom stereocenters. The lowest BCUT2D eigenvalue weighted by Gasteiger charge is -2.35. The number of hydrogen-bond donors (Lipinski definition) is 1. The van der Waals surface area contributed by atoms with Crippen molar-refractivity contribution in [2.24, 2.45) is 5.92 Å². The average Bonchev–Trinajstić information content (AvgIpc) is 3.15. The molecular weight excluding hydrogens is 340 g/mol. The Morgan fingerprint density at radius 2 is 2.04 bits per heavy atom. The lowest BCUT2D eigenvalue weighted by Crippen LogP contribution is -2.44. The summed E-state index contributed by atoms with van der Waals surface area (Å²) >= 11 is 0. The Morgan fingerprint density at radius 1 is 1.28 bits per heavy atom. The second-order valence-corrected chi connectivity index (χ2v) is 8.72. The first-order chi connectivity index (χ1) is 12.0. The molecule has 0 radical (unpaired) electrons. The fourth-order valence-electron chi connectivity index (χ4n) is 3.69. The van der Waals surface area contributed by atoms with Crippen LogP contribution in [0.15, 0.2) is 23.1 Å². The van der Waals surface area contributed by atoms with Crippen molar-refractivity contribution < 1.29 is 17.9 Å². The Balaban J connectivity index is 1.53. The molecule has 0 aliphatic carbocycles. The summed E-state index contributed by atoms with van der Waals surface area (Å²) in [5.74, 6) is 1.06. The molecule has 1 aromatic carbocycles. The van der Waals surface area contributed by atoms with Gasteiger partial charge in [0.1, 0.15) is 5.75 Å². The fourth-order valence-corrected chi connectivity index (χ4v) is 5.03. The van der Waals surface area contributed by atoms with Gasteiger partial charge < -0.3 is 9.47 Å². The SMILES string of the molecule is COc1ccc(S(=O)(=O)NCC2CCN(C3CCOC3)CC2)c(C)c1. The zero-order valence-corrected chi connectivity index (χ0v) is 15.8. The number of piperidine rings is 1. The third kappa shape index (κ3) is 4.53. The molecule has 2 saturated heterocycles. The molecule has 2 heterocycles. The van der Waals surface area contributed by atoms with Crippen molar-refractivity contribution in [3.8, 4) is 5.75 Å². The van der Waals surface area contributed by atoms with Gasteiger partial charge in [-0.1, -0.05) is 0 Å². The summed E-state index contributed by atoms with van der Waals surface area (Å²) < 4.78 is 38.6. The molecule has 0 bridgehead atoms. The summed E-state index contributed by atoms with van der Waals surface area (Å²) in [6.45, 7) is 6.06. The van der Waals surface area contributed by atoms with Gasteiger partial charge in [-0.3, -0.25) is 4.90 Å². The Kier molecular flexibility index (Phi) is 5.99. The van der Waals surface area contributed by atoms with Crippen molar-refractivity contribution in [1.29, 1.82) is 0 Å². The van der Waals surface area contributed by atoms with Gasteiger partial charge in [-0.15, -0.1) is 0 Å². The molecule has 0 saturated carbocycles. The number of nitrogens with one attached hydrogen (secondary N) is 1. The maximum atomic E-state index is 12.6. The van der Waals surface area contributed by atoms with E-state index in [-0.39, 0.29) is 0 Å². The molecule has 0 spiro atoms. The number of sulfonamides is 1. The second-order valence-electron chi connectivity index (χ2n) is 6.98. The van der Waals surface area contributed by atoms with E-state index in [0.717, 1.165) is 45.6 Å². The Hall–Kier alpha value is -1.15. The zero-order valence-electron chi connectivity index (χ0n) is 15.0. The lowest BCUT2D eigenvalue weighted by molar-refractivity contribution is 0.111. The van der Waals surface area contributed by atoms with Gasteiger partial charge in [-0.05, 0) is 69.0 Å². The molecule has 7 heteroatoms. The standard InChI is InChI=1S/C18H28N2O4S/c1-14-11-17(23-2)3-4-18(14)25(21,22)19-12-15-5-8-20(9-6-15)16-7-10-24-13-16/h3-4,11,15-16,19H,5-10,12-13H2,1-2H3. The molecule has 1 N–H and O–H groups in total. The molecule has 2 aliphatic rings. The highest BCUT2D eigenvalue weighted by molar-refractivity contribution is 7.89. The quantitative estimate of drug-likeness (QED) is 0.829. The lowest BCUT2D eigenvalue weighted by atomic mass is 9.96. The normalized spacial score (nSPS) is 23.0. The van der Waals surface area contributed by atoms with E-state index in [1.165, 1.54) is 0 Å². The predicted molar refractivity (Wildman–Crippen MR) is 96.4 cm³/mol. The minimum absolute atomic E-state index is 0.328. The molecule has 2 aliphatic heterocycles. The molecule has 2 fully saturated rings. The van der Waals surface area contributed by atoms with Crippen LogP contribution in [0.2, 0.25) is 0 Å². The molecule has 0 aromatic heterocycles. The first-order valence-corrected chi connectivity index (χ1v) is 10.4. The van der Waals surface area contributed by atoms with Crippen LogP contribution in [0.5, 0.6) is 5.75 Å². The number of aryl methyl sites for hydroxylation is 1. The number of likely N-dealkylation sites (tertiary alicyclic amines) is 1. The number of nitrogens with zero attached hydrogens (tertiary/aromatic N) is 1. The van der Waals surface area contributed by atoms with E-state index in [4.69, 9.17) is 9.47 Å². The van der Waals surface area contributed by atoms with Crippen molar-refractivity contribution in [3.63, 3.8) is 0 Å². The van der Waals surface area contributed by atoms with Gasteiger partial charge >= 0.3 is 0 Å². The van der Waals surface area contributed by atoms with Crippen molar-refractivity contribution in [2.45, 2.75) is 37.1 Å². The van der Waals surface area contributed by atoms with Gasteiger partial charge in [0.25, 0.3) is 0 Å². The molecule has 1 aromatic rings.